The second-order valence-electron chi connectivity index (χ2n) is 3.29. The maximum Gasteiger partial charge on any atom is 0.340 e. The highest BCUT2D eigenvalue weighted by molar-refractivity contribution is 6.33. The van der Waals surface area contributed by atoms with Crippen molar-refractivity contribution in [3.8, 4) is 0 Å². The van der Waals surface area contributed by atoms with Crippen LogP contribution in [0.2, 0.25) is 5.02 Å². The lowest BCUT2D eigenvalue weighted by atomic mass is 10.1. The molecule has 1 aromatic carbocycles. The average Bonchev–Trinajstić information content (AvgIpc) is 2.21. The molecule has 0 bridgehead atoms. The number of benzene rings is 1. The Labute approximate surface area is 94.2 Å². The quantitative estimate of drug-likeness (QED) is 0.638. The van der Waals surface area contributed by atoms with Crippen LogP contribution in [0.15, 0.2) is 12.1 Å². The SMILES string of the molecule is CCCOC(=O)c1c(C)ccc(Cl)c1N. The van der Waals surface area contributed by atoms with Gasteiger partial charge in [-0.2, -0.15) is 0 Å². The van der Waals surface area contributed by atoms with E-state index in [0.717, 1.165) is 12.0 Å². The van der Waals surface area contributed by atoms with Crippen LogP contribution in [0.3, 0.4) is 0 Å². The Morgan fingerprint density at radius 2 is 2.20 bits per heavy atom. The molecule has 0 atom stereocenters. The number of carbonyl (C=O) groups is 1. The highest BCUT2D eigenvalue weighted by Crippen LogP contribution is 2.26. The van der Waals surface area contributed by atoms with Crippen LogP contribution in [-0.4, -0.2) is 12.6 Å². The van der Waals surface area contributed by atoms with E-state index in [2.05, 4.69) is 0 Å². The molecule has 0 amide bonds. The minimum Gasteiger partial charge on any atom is -0.462 e. The van der Waals surface area contributed by atoms with Crippen molar-refractivity contribution in [1.82, 2.24) is 0 Å². The van der Waals surface area contributed by atoms with Crippen LogP contribution < -0.4 is 5.73 Å². The topological polar surface area (TPSA) is 52.3 Å². The Morgan fingerprint density at radius 1 is 1.53 bits per heavy atom. The van der Waals surface area contributed by atoms with Gasteiger partial charge in [0, 0.05) is 0 Å². The summed E-state index contributed by atoms with van der Waals surface area (Å²) < 4.78 is 5.02. The molecule has 0 spiro atoms. The van der Waals surface area contributed by atoms with E-state index in [9.17, 15) is 4.79 Å². The number of nitrogens with two attached hydrogens (primary N) is 1. The van der Waals surface area contributed by atoms with E-state index in [1.54, 1.807) is 19.1 Å². The first-order chi connectivity index (χ1) is 7.07. The zero-order valence-corrected chi connectivity index (χ0v) is 9.60. The van der Waals surface area contributed by atoms with E-state index in [4.69, 9.17) is 22.1 Å². The standard InChI is InChI=1S/C11H14ClNO2/c1-3-6-15-11(14)9-7(2)4-5-8(12)10(9)13/h4-5H,3,6,13H2,1-2H3. The summed E-state index contributed by atoms with van der Waals surface area (Å²) in [6.07, 6.45) is 0.783. The van der Waals surface area contributed by atoms with Crippen LogP contribution in [0.4, 0.5) is 5.69 Å². The highest BCUT2D eigenvalue weighted by Gasteiger charge is 2.16. The Bertz CT molecular complexity index is 377. The van der Waals surface area contributed by atoms with Crippen LogP contribution >= 0.6 is 11.6 Å². The second kappa shape index (κ2) is 5.03. The van der Waals surface area contributed by atoms with Gasteiger partial charge in [0.1, 0.15) is 0 Å². The van der Waals surface area contributed by atoms with Crippen molar-refractivity contribution in [3.05, 3.63) is 28.3 Å². The molecule has 82 valence electrons. The molecule has 4 heteroatoms. The Hall–Kier alpha value is -1.22. The van der Waals surface area contributed by atoms with Gasteiger partial charge in [0.25, 0.3) is 0 Å². The fourth-order valence-electron chi connectivity index (χ4n) is 1.24. The molecule has 0 fully saturated rings. The fourth-order valence-corrected chi connectivity index (χ4v) is 1.40. The van der Waals surface area contributed by atoms with Gasteiger partial charge in [-0.25, -0.2) is 4.79 Å². The van der Waals surface area contributed by atoms with E-state index in [1.807, 2.05) is 6.92 Å². The predicted molar refractivity (Wildman–Crippen MR) is 61.2 cm³/mol. The first kappa shape index (κ1) is 11.9. The van der Waals surface area contributed by atoms with Gasteiger partial charge in [0.15, 0.2) is 0 Å². The minimum atomic E-state index is -0.408. The summed E-state index contributed by atoms with van der Waals surface area (Å²) >= 11 is 5.83. The zero-order valence-electron chi connectivity index (χ0n) is 8.84. The predicted octanol–water partition coefficient (Wildman–Crippen LogP) is 2.80. The summed E-state index contributed by atoms with van der Waals surface area (Å²) in [5, 5.41) is 0.379. The van der Waals surface area contributed by atoms with E-state index >= 15 is 0 Å². The van der Waals surface area contributed by atoms with E-state index in [1.165, 1.54) is 0 Å². The molecule has 0 saturated carbocycles. The van der Waals surface area contributed by atoms with E-state index in [0.29, 0.717) is 17.2 Å². The lowest BCUT2D eigenvalue weighted by Gasteiger charge is -2.10. The molecule has 0 aliphatic rings. The van der Waals surface area contributed by atoms with Crippen molar-refractivity contribution < 1.29 is 9.53 Å². The number of nitrogen functional groups attached to an aromatic ring is 1. The molecule has 0 radical (unpaired) electrons. The average molecular weight is 228 g/mol. The largest absolute Gasteiger partial charge is 0.462 e. The van der Waals surface area contributed by atoms with Crippen molar-refractivity contribution in [2.45, 2.75) is 20.3 Å². The fraction of sp³-hybridized carbons (Fsp3) is 0.364. The van der Waals surface area contributed by atoms with E-state index in [-0.39, 0.29) is 5.69 Å². The second-order valence-corrected chi connectivity index (χ2v) is 3.70. The van der Waals surface area contributed by atoms with Crippen LogP contribution in [0.25, 0.3) is 0 Å². The zero-order chi connectivity index (χ0) is 11.4. The number of carbonyl (C=O) groups excluding carboxylic acids is 1. The Kier molecular flexibility index (Phi) is 3.97. The van der Waals surface area contributed by atoms with Gasteiger partial charge >= 0.3 is 5.97 Å². The van der Waals surface area contributed by atoms with Crippen molar-refractivity contribution in [1.29, 1.82) is 0 Å². The molecule has 2 N–H and O–H groups in total. The number of ether oxygens (including phenoxy) is 1. The summed E-state index contributed by atoms with van der Waals surface area (Å²) in [4.78, 5) is 11.6. The van der Waals surface area contributed by atoms with Crippen molar-refractivity contribution >= 4 is 23.3 Å². The summed E-state index contributed by atoms with van der Waals surface area (Å²) in [5.41, 5.74) is 7.16. The molecular formula is C11H14ClNO2. The van der Waals surface area contributed by atoms with Crippen LogP contribution in [0.1, 0.15) is 29.3 Å². The monoisotopic (exact) mass is 227 g/mol. The molecular weight excluding hydrogens is 214 g/mol. The summed E-state index contributed by atoms with van der Waals surface area (Å²) in [6.45, 7) is 4.13. The molecule has 15 heavy (non-hydrogen) atoms. The Morgan fingerprint density at radius 3 is 2.80 bits per heavy atom. The van der Waals surface area contributed by atoms with Crippen molar-refractivity contribution in [3.63, 3.8) is 0 Å². The van der Waals surface area contributed by atoms with Gasteiger partial charge in [-0.05, 0) is 25.0 Å². The molecule has 0 aromatic heterocycles. The third-order valence-corrected chi connectivity index (χ3v) is 2.37. The van der Waals surface area contributed by atoms with Crippen LogP contribution in [0, 0.1) is 6.92 Å². The summed E-state index contributed by atoms with van der Waals surface area (Å²) in [7, 11) is 0. The van der Waals surface area contributed by atoms with Crippen LogP contribution in [0.5, 0.6) is 0 Å². The molecule has 0 heterocycles. The summed E-state index contributed by atoms with van der Waals surface area (Å²) in [5.74, 6) is -0.408. The number of aryl methyl sites for hydroxylation is 1. The van der Waals surface area contributed by atoms with Crippen molar-refractivity contribution in [2.24, 2.45) is 0 Å². The smallest absolute Gasteiger partial charge is 0.340 e. The first-order valence-electron chi connectivity index (χ1n) is 4.79. The maximum atomic E-state index is 11.6. The summed E-state index contributed by atoms with van der Waals surface area (Å²) in [6, 6.07) is 3.42. The van der Waals surface area contributed by atoms with Gasteiger partial charge in [-0.1, -0.05) is 24.6 Å². The lowest BCUT2D eigenvalue weighted by Crippen LogP contribution is -2.11. The molecule has 1 aromatic rings. The number of anilines is 1. The third kappa shape index (κ3) is 2.63. The molecule has 0 saturated heterocycles. The van der Waals surface area contributed by atoms with Gasteiger partial charge < -0.3 is 10.5 Å². The number of rotatable bonds is 3. The molecule has 0 aliphatic carbocycles. The number of halogens is 1. The first-order valence-corrected chi connectivity index (χ1v) is 5.17. The molecule has 0 aliphatic heterocycles. The van der Waals surface area contributed by atoms with E-state index < -0.39 is 5.97 Å². The maximum absolute atomic E-state index is 11.6. The third-order valence-electron chi connectivity index (χ3n) is 2.04. The van der Waals surface area contributed by atoms with Crippen molar-refractivity contribution in [2.75, 3.05) is 12.3 Å². The van der Waals surface area contributed by atoms with Gasteiger partial charge in [-0.15, -0.1) is 0 Å². The van der Waals surface area contributed by atoms with Gasteiger partial charge in [-0.3, -0.25) is 0 Å². The number of hydrogen-bond donors (Lipinski definition) is 1. The molecule has 1 rings (SSSR count). The van der Waals surface area contributed by atoms with Gasteiger partial charge in [0.05, 0.1) is 22.9 Å². The Balaban J connectivity index is 3.02. The number of hydrogen-bond acceptors (Lipinski definition) is 3. The van der Waals surface area contributed by atoms with Crippen LogP contribution in [-0.2, 0) is 4.74 Å². The molecule has 0 unspecified atom stereocenters. The van der Waals surface area contributed by atoms with Gasteiger partial charge in [0.2, 0.25) is 0 Å². The minimum absolute atomic E-state index is 0.290. The molecule has 3 nitrogen and oxygen atoms in total. The normalized spacial score (nSPS) is 10.1. The highest BCUT2D eigenvalue weighted by atomic mass is 35.5. The number of esters is 1. The lowest BCUT2D eigenvalue weighted by molar-refractivity contribution is 0.0505.